The molecular formula is C68H113O11P. The highest BCUT2D eigenvalue weighted by molar-refractivity contribution is 7.47. The van der Waals surface area contributed by atoms with Gasteiger partial charge in [0.1, 0.15) is 12.7 Å². The molecule has 0 aliphatic heterocycles. The van der Waals surface area contributed by atoms with Crippen molar-refractivity contribution in [3.8, 4) is 0 Å². The molecular weight excluding hydrogens is 1020 g/mol. The molecule has 0 rings (SSSR count). The van der Waals surface area contributed by atoms with Crippen molar-refractivity contribution in [2.75, 3.05) is 26.4 Å². The average Bonchev–Trinajstić information content (AvgIpc) is 3.45. The van der Waals surface area contributed by atoms with Crippen LogP contribution in [0.25, 0.3) is 0 Å². The number of allylic oxidation sites excluding steroid dienone is 20. The van der Waals surface area contributed by atoms with Crippen LogP contribution < -0.4 is 0 Å². The first kappa shape index (κ1) is 75.9. The number of esters is 3. The molecule has 3 atom stereocenters. The summed E-state index contributed by atoms with van der Waals surface area (Å²) in [7, 11) is -4.78. The normalized spacial score (nSPS) is 14.1. The molecule has 3 unspecified atom stereocenters. The summed E-state index contributed by atoms with van der Waals surface area (Å²) in [6.07, 6.45) is 75.7. The third-order valence-electron chi connectivity index (χ3n) is 12.8. The van der Waals surface area contributed by atoms with Gasteiger partial charge in [0.25, 0.3) is 0 Å². The largest absolute Gasteiger partial charge is 0.472 e. The van der Waals surface area contributed by atoms with Crippen LogP contribution in [-0.2, 0) is 42.2 Å². The van der Waals surface area contributed by atoms with Crippen molar-refractivity contribution in [2.24, 2.45) is 0 Å². The number of aliphatic hydroxyl groups excluding tert-OH is 1. The highest BCUT2D eigenvalue weighted by Gasteiger charge is 2.28. The SMILES string of the molecule is CC/C=C\C/C=C\C/C=C\C/C=C\C/C=C\CCCCCC(=O)OC(COC(=O)CCCCCCC/C=C\CCCCCCCC)COP(=O)(O)OCC(CO)OC(=O)CCCCCCCC/C=C\C/C=C\C/C=C\C/C=C\CC. The molecule has 0 spiro atoms. The molecule has 0 aliphatic carbocycles. The van der Waals surface area contributed by atoms with Crippen molar-refractivity contribution in [1.29, 1.82) is 0 Å². The molecule has 456 valence electrons. The summed E-state index contributed by atoms with van der Waals surface area (Å²) >= 11 is 0. The maximum Gasteiger partial charge on any atom is 0.472 e. The molecule has 0 amide bonds. The smallest absolute Gasteiger partial charge is 0.462 e. The van der Waals surface area contributed by atoms with Gasteiger partial charge in [0.05, 0.1) is 19.8 Å². The molecule has 0 saturated carbocycles. The van der Waals surface area contributed by atoms with Gasteiger partial charge in [0.2, 0.25) is 0 Å². The van der Waals surface area contributed by atoms with Crippen LogP contribution in [-0.4, -0.2) is 66.5 Å². The Morgan fingerprint density at radius 2 is 0.650 bits per heavy atom. The third-order valence-corrected chi connectivity index (χ3v) is 13.8. The molecule has 0 saturated heterocycles. The van der Waals surface area contributed by atoms with Crippen molar-refractivity contribution >= 4 is 25.7 Å². The van der Waals surface area contributed by atoms with Gasteiger partial charge in [-0.15, -0.1) is 0 Å². The van der Waals surface area contributed by atoms with Gasteiger partial charge in [-0.25, -0.2) is 4.57 Å². The molecule has 0 aliphatic rings. The lowest BCUT2D eigenvalue weighted by atomic mass is 10.1. The first-order valence-corrected chi connectivity index (χ1v) is 32.9. The van der Waals surface area contributed by atoms with E-state index in [2.05, 4.69) is 142 Å². The van der Waals surface area contributed by atoms with Gasteiger partial charge in [-0.1, -0.05) is 226 Å². The number of rotatable bonds is 57. The molecule has 0 fully saturated rings. The van der Waals surface area contributed by atoms with E-state index in [9.17, 15) is 28.9 Å². The zero-order valence-electron chi connectivity index (χ0n) is 50.5. The fourth-order valence-electron chi connectivity index (χ4n) is 8.13. The van der Waals surface area contributed by atoms with Crippen molar-refractivity contribution in [3.05, 3.63) is 122 Å². The van der Waals surface area contributed by atoms with Gasteiger partial charge in [0.15, 0.2) is 6.10 Å². The van der Waals surface area contributed by atoms with Crippen LogP contribution >= 0.6 is 7.82 Å². The molecule has 0 aromatic carbocycles. The van der Waals surface area contributed by atoms with E-state index in [4.69, 9.17) is 23.3 Å². The number of unbranched alkanes of at least 4 members (excludes halogenated alkanes) is 20. The van der Waals surface area contributed by atoms with E-state index in [-0.39, 0.29) is 25.9 Å². The van der Waals surface area contributed by atoms with Crippen LogP contribution in [0.1, 0.15) is 252 Å². The molecule has 0 bridgehead atoms. The number of phosphoric acid groups is 1. The topological polar surface area (TPSA) is 155 Å². The Kier molecular flexibility index (Phi) is 57.8. The Morgan fingerprint density at radius 3 is 1.02 bits per heavy atom. The lowest BCUT2D eigenvalue weighted by molar-refractivity contribution is -0.161. The molecule has 0 radical (unpaired) electrons. The predicted octanol–water partition coefficient (Wildman–Crippen LogP) is 19.1. The van der Waals surface area contributed by atoms with E-state index < -0.39 is 57.8 Å². The van der Waals surface area contributed by atoms with Crippen LogP contribution in [0.3, 0.4) is 0 Å². The summed E-state index contributed by atoms with van der Waals surface area (Å²) in [5.74, 6) is -1.53. The Bertz CT molecular complexity index is 1800. The molecule has 12 heteroatoms. The van der Waals surface area contributed by atoms with Crippen LogP contribution in [0, 0.1) is 0 Å². The fraction of sp³-hybridized carbons (Fsp3) is 0.662. The standard InChI is InChI=1S/C68H113O11P/c1-4-7-10-13-16-19-22-25-28-30-32-34-37-40-43-46-49-52-55-58-67(71)78-64(60-69)62-76-80(73,74)77-63-65(61-75-66(70)57-54-51-48-45-42-39-36-27-24-21-18-15-12-9-6-3)79-68(72)59-56-53-50-47-44-41-38-35-33-31-29-26-23-20-17-14-11-8-5-2/h7-8,10-11,16-17,19-20,25-29,32-36,41,44,64-65,69H,4-6,9,12-15,18,21-24,30-31,37-40,42-43,45-63H2,1-3H3,(H,73,74)/b10-7-,11-8-,19-16-,20-17-,28-25-,29-26-,34-32-,35-33-,36-27-,44-41-. The summed E-state index contributed by atoms with van der Waals surface area (Å²) in [6, 6.07) is 0. The molecule has 0 aromatic heterocycles. The number of carbonyl (C=O) groups excluding carboxylic acids is 3. The molecule has 0 heterocycles. The van der Waals surface area contributed by atoms with E-state index in [1.165, 1.54) is 38.5 Å². The first-order valence-electron chi connectivity index (χ1n) is 31.4. The van der Waals surface area contributed by atoms with Crippen molar-refractivity contribution in [1.82, 2.24) is 0 Å². The lowest BCUT2D eigenvalue weighted by Gasteiger charge is -2.21. The minimum atomic E-state index is -4.78. The second-order valence-electron chi connectivity index (χ2n) is 20.5. The zero-order valence-corrected chi connectivity index (χ0v) is 51.4. The Hall–Kier alpha value is -4.12. The van der Waals surface area contributed by atoms with Gasteiger partial charge >= 0.3 is 25.7 Å². The maximum atomic E-state index is 12.9. The summed E-state index contributed by atoms with van der Waals surface area (Å²) in [4.78, 5) is 48.7. The minimum Gasteiger partial charge on any atom is -0.462 e. The van der Waals surface area contributed by atoms with Gasteiger partial charge in [0, 0.05) is 19.3 Å². The van der Waals surface area contributed by atoms with Crippen LogP contribution in [0.15, 0.2) is 122 Å². The molecule has 80 heavy (non-hydrogen) atoms. The second-order valence-corrected chi connectivity index (χ2v) is 21.9. The van der Waals surface area contributed by atoms with E-state index in [1.807, 2.05) is 0 Å². The predicted molar refractivity (Wildman–Crippen MR) is 334 cm³/mol. The van der Waals surface area contributed by atoms with E-state index >= 15 is 0 Å². The number of ether oxygens (including phenoxy) is 3. The lowest BCUT2D eigenvalue weighted by Crippen LogP contribution is -2.30. The van der Waals surface area contributed by atoms with Crippen LogP contribution in [0.4, 0.5) is 0 Å². The van der Waals surface area contributed by atoms with Crippen molar-refractivity contribution in [2.45, 2.75) is 264 Å². The number of aliphatic hydroxyl groups is 1. The van der Waals surface area contributed by atoms with E-state index in [0.29, 0.717) is 19.3 Å². The maximum absolute atomic E-state index is 12.9. The highest BCUT2D eigenvalue weighted by Crippen LogP contribution is 2.43. The van der Waals surface area contributed by atoms with Crippen LogP contribution in [0.5, 0.6) is 0 Å². The van der Waals surface area contributed by atoms with Crippen molar-refractivity contribution in [3.63, 3.8) is 0 Å². The molecule has 2 N–H and O–H groups in total. The molecule has 0 aromatic rings. The van der Waals surface area contributed by atoms with Gasteiger partial charge in [-0.2, -0.15) is 0 Å². The van der Waals surface area contributed by atoms with Crippen LogP contribution in [0.2, 0.25) is 0 Å². The summed E-state index contributed by atoms with van der Waals surface area (Å²) in [5, 5.41) is 9.85. The molecule has 11 nitrogen and oxygen atoms in total. The summed E-state index contributed by atoms with van der Waals surface area (Å²) < 4.78 is 39.6. The van der Waals surface area contributed by atoms with E-state index in [0.717, 1.165) is 154 Å². The Balaban J connectivity index is 4.78. The number of hydrogen-bond donors (Lipinski definition) is 2. The Labute approximate surface area is 487 Å². The van der Waals surface area contributed by atoms with E-state index in [1.54, 1.807) is 0 Å². The zero-order chi connectivity index (χ0) is 58.3. The number of carbonyl (C=O) groups is 3. The minimum absolute atomic E-state index is 0.120. The Morgan fingerprint density at radius 1 is 0.362 bits per heavy atom. The summed E-state index contributed by atoms with van der Waals surface area (Å²) in [5.41, 5.74) is 0. The summed E-state index contributed by atoms with van der Waals surface area (Å²) in [6.45, 7) is 4.36. The fourth-order valence-corrected chi connectivity index (χ4v) is 8.92. The average molecular weight is 1140 g/mol. The second kappa shape index (κ2) is 61.0. The van der Waals surface area contributed by atoms with Crippen molar-refractivity contribution < 1.29 is 52.2 Å². The van der Waals surface area contributed by atoms with Gasteiger partial charge in [-0.3, -0.25) is 23.4 Å². The number of phosphoric ester groups is 1. The quantitative estimate of drug-likeness (QED) is 0.0197. The monoisotopic (exact) mass is 1140 g/mol. The highest BCUT2D eigenvalue weighted by atomic mass is 31.2. The van der Waals surface area contributed by atoms with Gasteiger partial charge < -0.3 is 24.2 Å². The number of hydrogen-bond acceptors (Lipinski definition) is 10. The third kappa shape index (κ3) is 58.5. The van der Waals surface area contributed by atoms with Gasteiger partial charge in [-0.05, 0) is 128 Å². The first-order chi connectivity index (χ1) is 39.2.